The van der Waals surface area contributed by atoms with E-state index in [0.717, 1.165) is 16.7 Å². The SMILES string of the molecule is CC1=C(c2ccc(C)c(C)c2)S(=O)(=O)N=C1N1CCC(C(=O)NCc2ccc(F)cc2)CC1. The fourth-order valence-electron chi connectivity index (χ4n) is 4.36. The van der Waals surface area contributed by atoms with Crippen molar-refractivity contribution in [3.05, 3.63) is 76.1 Å². The molecule has 8 heteroatoms. The second-order valence-corrected chi connectivity index (χ2v) is 10.3. The first-order valence-electron chi connectivity index (χ1n) is 11.1. The van der Waals surface area contributed by atoms with Gasteiger partial charge in [-0.3, -0.25) is 4.79 Å². The van der Waals surface area contributed by atoms with Gasteiger partial charge >= 0.3 is 0 Å². The highest BCUT2D eigenvalue weighted by Crippen LogP contribution is 2.35. The van der Waals surface area contributed by atoms with Crippen LogP contribution in [0, 0.1) is 25.6 Å². The summed E-state index contributed by atoms with van der Waals surface area (Å²) in [7, 11) is -3.77. The van der Waals surface area contributed by atoms with Crippen LogP contribution in [0.1, 0.15) is 42.0 Å². The van der Waals surface area contributed by atoms with Gasteiger partial charge in [0.05, 0.1) is 0 Å². The van der Waals surface area contributed by atoms with Crippen molar-refractivity contribution in [3.63, 3.8) is 0 Å². The van der Waals surface area contributed by atoms with Gasteiger partial charge in [0.2, 0.25) is 5.91 Å². The highest BCUT2D eigenvalue weighted by molar-refractivity contribution is 8.00. The number of aryl methyl sites for hydroxylation is 2. The van der Waals surface area contributed by atoms with Gasteiger partial charge in [-0.05, 0) is 68.0 Å². The van der Waals surface area contributed by atoms with Gasteiger partial charge in [-0.2, -0.15) is 8.42 Å². The topological polar surface area (TPSA) is 78.8 Å². The smallest absolute Gasteiger partial charge is 0.285 e. The van der Waals surface area contributed by atoms with Crippen molar-refractivity contribution in [2.24, 2.45) is 10.3 Å². The number of amides is 1. The summed E-state index contributed by atoms with van der Waals surface area (Å²) >= 11 is 0. The van der Waals surface area contributed by atoms with Gasteiger partial charge in [-0.25, -0.2) is 4.39 Å². The molecular formula is C25H28FN3O3S. The minimum absolute atomic E-state index is 0.0389. The van der Waals surface area contributed by atoms with Crippen molar-refractivity contribution in [3.8, 4) is 0 Å². The summed E-state index contributed by atoms with van der Waals surface area (Å²) in [5.74, 6) is -0.0143. The highest BCUT2D eigenvalue weighted by Gasteiger charge is 2.35. The molecule has 0 aromatic heterocycles. The zero-order chi connectivity index (χ0) is 23.8. The Morgan fingerprint density at radius 2 is 1.73 bits per heavy atom. The van der Waals surface area contributed by atoms with E-state index in [1.807, 2.05) is 36.9 Å². The Morgan fingerprint density at radius 3 is 2.36 bits per heavy atom. The Morgan fingerprint density at radius 1 is 1.06 bits per heavy atom. The van der Waals surface area contributed by atoms with E-state index in [0.29, 0.717) is 49.4 Å². The van der Waals surface area contributed by atoms with Crippen LogP contribution < -0.4 is 5.32 Å². The quantitative estimate of drug-likeness (QED) is 0.736. The lowest BCUT2D eigenvalue weighted by molar-refractivity contribution is -0.126. The number of piperidine rings is 1. The first-order chi connectivity index (χ1) is 15.7. The molecule has 2 aliphatic heterocycles. The maximum Gasteiger partial charge on any atom is 0.285 e. The van der Waals surface area contributed by atoms with Gasteiger partial charge in [-0.15, -0.1) is 4.40 Å². The summed E-state index contributed by atoms with van der Waals surface area (Å²) in [5.41, 5.74) is 4.28. The van der Waals surface area contributed by atoms with E-state index < -0.39 is 10.0 Å². The number of carbonyl (C=O) groups excluding carboxylic acids is 1. The molecule has 2 aromatic rings. The minimum atomic E-state index is -3.77. The standard InChI is InChI=1S/C25H28FN3O3S/c1-16-4-7-21(14-17(16)2)23-18(3)24(28-33(23,31)32)29-12-10-20(11-13-29)25(30)27-15-19-5-8-22(26)9-6-19/h4-9,14,20H,10-13,15H2,1-3H3,(H,27,30). The molecular weight excluding hydrogens is 441 g/mol. The molecule has 0 saturated carbocycles. The average molecular weight is 470 g/mol. The van der Waals surface area contributed by atoms with Gasteiger partial charge in [0.15, 0.2) is 0 Å². The lowest BCUT2D eigenvalue weighted by Gasteiger charge is -2.32. The first kappa shape index (κ1) is 23.2. The molecule has 1 saturated heterocycles. The summed E-state index contributed by atoms with van der Waals surface area (Å²) < 4.78 is 42.9. The molecule has 0 spiro atoms. The summed E-state index contributed by atoms with van der Waals surface area (Å²) in [6, 6.07) is 11.7. The molecule has 0 bridgehead atoms. The number of likely N-dealkylation sites (tertiary alicyclic amines) is 1. The van der Waals surface area contributed by atoms with Crippen LogP contribution >= 0.6 is 0 Å². The zero-order valence-electron chi connectivity index (χ0n) is 19.1. The fraction of sp³-hybridized carbons (Fsp3) is 0.360. The maximum absolute atomic E-state index is 13.0. The third-order valence-electron chi connectivity index (χ3n) is 6.45. The number of sulfonamides is 1. The minimum Gasteiger partial charge on any atom is -0.356 e. The van der Waals surface area contributed by atoms with Crippen LogP contribution in [0.3, 0.4) is 0 Å². The molecule has 2 heterocycles. The van der Waals surface area contributed by atoms with Gasteiger partial charge in [0, 0.05) is 31.1 Å². The van der Waals surface area contributed by atoms with Gasteiger partial charge < -0.3 is 10.2 Å². The summed E-state index contributed by atoms with van der Waals surface area (Å²) in [5, 5.41) is 2.92. The normalized spacial score (nSPS) is 18.4. The predicted molar refractivity (Wildman–Crippen MR) is 127 cm³/mol. The average Bonchev–Trinajstić information content (AvgIpc) is 3.04. The van der Waals surface area contributed by atoms with E-state index in [9.17, 15) is 17.6 Å². The number of halogens is 1. The number of nitrogens with one attached hydrogen (secondary N) is 1. The molecule has 1 amide bonds. The molecule has 1 fully saturated rings. The van der Waals surface area contributed by atoms with Crippen molar-refractivity contribution in [1.82, 2.24) is 10.2 Å². The van der Waals surface area contributed by atoms with Crippen molar-refractivity contribution in [2.45, 2.75) is 40.2 Å². The van der Waals surface area contributed by atoms with Crippen molar-refractivity contribution in [2.75, 3.05) is 13.1 Å². The molecule has 4 rings (SSSR count). The number of rotatable bonds is 4. The molecule has 33 heavy (non-hydrogen) atoms. The monoisotopic (exact) mass is 469 g/mol. The Kier molecular flexibility index (Phi) is 6.38. The molecule has 0 radical (unpaired) electrons. The summed E-state index contributed by atoms with van der Waals surface area (Å²) in [4.78, 5) is 14.8. The van der Waals surface area contributed by atoms with E-state index >= 15 is 0 Å². The third kappa shape index (κ3) is 4.85. The van der Waals surface area contributed by atoms with Gasteiger partial charge in [0.1, 0.15) is 16.6 Å². The fourth-order valence-corrected chi connectivity index (χ4v) is 5.83. The second kappa shape index (κ2) is 9.09. The molecule has 0 atom stereocenters. The van der Waals surface area contributed by atoms with E-state index in [1.54, 1.807) is 19.1 Å². The van der Waals surface area contributed by atoms with Crippen LogP contribution in [0.25, 0.3) is 4.91 Å². The summed E-state index contributed by atoms with van der Waals surface area (Å²) in [6.45, 7) is 7.22. The van der Waals surface area contributed by atoms with Crippen LogP contribution in [-0.2, 0) is 21.4 Å². The largest absolute Gasteiger partial charge is 0.356 e. The molecule has 6 nitrogen and oxygen atoms in total. The summed E-state index contributed by atoms with van der Waals surface area (Å²) in [6.07, 6.45) is 1.22. The number of hydrogen-bond donors (Lipinski definition) is 1. The lowest BCUT2D eigenvalue weighted by Crippen LogP contribution is -2.43. The van der Waals surface area contributed by atoms with Crippen molar-refractivity contribution in [1.29, 1.82) is 0 Å². The Hall–Kier alpha value is -3.00. The van der Waals surface area contributed by atoms with Crippen LogP contribution in [0.15, 0.2) is 52.4 Å². The number of amidine groups is 1. The van der Waals surface area contributed by atoms with E-state index in [1.165, 1.54) is 12.1 Å². The Bertz CT molecular complexity index is 1240. The number of hydrogen-bond acceptors (Lipinski definition) is 4. The molecule has 0 unspecified atom stereocenters. The predicted octanol–water partition coefficient (Wildman–Crippen LogP) is 3.94. The molecule has 1 N–H and O–H groups in total. The van der Waals surface area contributed by atoms with Crippen LogP contribution in [0.5, 0.6) is 0 Å². The van der Waals surface area contributed by atoms with Crippen molar-refractivity contribution >= 4 is 26.7 Å². The Labute approximate surface area is 194 Å². The van der Waals surface area contributed by atoms with Crippen LogP contribution in [0.2, 0.25) is 0 Å². The van der Waals surface area contributed by atoms with E-state index in [-0.39, 0.29) is 22.5 Å². The zero-order valence-corrected chi connectivity index (χ0v) is 19.9. The first-order valence-corrected chi connectivity index (χ1v) is 12.5. The van der Waals surface area contributed by atoms with E-state index in [4.69, 9.17) is 0 Å². The number of benzene rings is 2. The maximum atomic E-state index is 13.0. The van der Waals surface area contributed by atoms with E-state index in [2.05, 4.69) is 9.71 Å². The van der Waals surface area contributed by atoms with Crippen LogP contribution in [-0.4, -0.2) is 38.2 Å². The van der Waals surface area contributed by atoms with Gasteiger partial charge in [-0.1, -0.05) is 30.3 Å². The molecule has 174 valence electrons. The molecule has 0 aliphatic carbocycles. The molecule has 2 aliphatic rings. The Balaban J connectivity index is 1.41. The number of carbonyl (C=O) groups is 1. The number of nitrogens with zero attached hydrogens (tertiary/aromatic N) is 2. The lowest BCUT2D eigenvalue weighted by atomic mass is 9.95. The third-order valence-corrected chi connectivity index (χ3v) is 7.93. The molecule has 2 aromatic carbocycles. The second-order valence-electron chi connectivity index (χ2n) is 8.75. The highest BCUT2D eigenvalue weighted by atomic mass is 32.2. The van der Waals surface area contributed by atoms with Crippen molar-refractivity contribution < 1.29 is 17.6 Å². The van der Waals surface area contributed by atoms with Gasteiger partial charge in [0.25, 0.3) is 10.0 Å². The van der Waals surface area contributed by atoms with Crippen LogP contribution in [0.4, 0.5) is 4.39 Å².